The van der Waals surface area contributed by atoms with Crippen molar-refractivity contribution >= 4 is 35.1 Å². The van der Waals surface area contributed by atoms with Crippen molar-refractivity contribution < 1.29 is 18.0 Å². The van der Waals surface area contributed by atoms with Crippen molar-refractivity contribution in [1.82, 2.24) is 19.8 Å². The van der Waals surface area contributed by atoms with Crippen molar-refractivity contribution in [2.75, 3.05) is 74.5 Å². The molecule has 2 amide bonds. The number of nitrogens with one attached hydrogen (secondary N) is 1. The lowest BCUT2D eigenvalue weighted by Gasteiger charge is -2.36. The van der Waals surface area contributed by atoms with E-state index in [-0.39, 0.29) is 22.7 Å². The van der Waals surface area contributed by atoms with E-state index >= 15 is 0 Å². The Labute approximate surface area is 194 Å². The molecule has 2 aliphatic heterocycles. The van der Waals surface area contributed by atoms with Crippen LogP contribution in [0.4, 0.5) is 35.3 Å². The van der Waals surface area contributed by atoms with Crippen molar-refractivity contribution in [3.05, 3.63) is 36.7 Å². The molecule has 0 saturated carbocycles. The first-order valence-corrected chi connectivity index (χ1v) is 11.5. The van der Waals surface area contributed by atoms with Crippen LogP contribution in [-0.4, -0.2) is 90.7 Å². The second kappa shape index (κ2) is 10.0. The monoisotopic (exact) mass is 481 g/mol. The van der Waals surface area contributed by atoms with Gasteiger partial charge in [-0.15, -0.1) is 0 Å². The molecule has 2 aliphatic rings. The molecule has 1 aromatic carbocycles. The number of hydrogen-bond acceptors (Lipinski definition) is 7. The molecule has 0 bridgehead atoms. The number of anilines is 3. The first-order valence-electron chi connectivity index (χ1n) is 10.7. The highest BCUT2D eigenvalue weighted by molar-refractivity contribution is 8.00. The third-order valence-electron chi connectivity index (χ3n) is 5.70. The molecule has 4 rings (SSSR count). The van der Waals surface area contributed by atoms with Crippen LogP contribution in [0.2, 0.25) is 0 Å². The van der Waals surface area contributed by atoms with Crippen molar-refractivity contribution in [3.8, 4) is 0 Å². The SMILES string of the molecule is CN1CCN(c2cc(N3CCN(C(=O)Nc4ccc(SC(F)(F)F)cc4)CC3)ncn2)CC1. The van der Waals surface area contributed by atoms with Gasteiger partial charge in [-0.25, -0.2) is 14.8 Å². The predicted molar refractivity (Wildman–Crippen MR) is 123 cm³/mol. The average molecular weight is 482 g/mol. The van der Waals surface area contributed by atoms with Crippen LogP contribution in [0.25, 0.3) is 0 Å². The summed E-state index contributed by atoms with van der Waals surface area (Å²) in [5.41, 5.74) is -3.87. The lowest BCUT2D eigenvalue weighted by Crippen LogP contribution is -2.50. The van der Waals surface area contributed by atoms with E-state index in [2.05, 4.69) is 37.0 Å². The predicted octanol–water partition coefficient (Wildman–Crippen LogP) is 3.19. The molecule has 8 nitrogen and oxygen atoms in total. The minimum Gasteiger partial charge on any atom is -0.354 e. The largest absolute Gasteiger partial charge is 0.446 e. The van der Waals surface area contributed by atoms with Gasteiger partial charge in [0.15, 0.2) is 0 Å². The number of amides is 2. The van der Waals surface area contributed by atoms with Crippen LogP contribution in [0.1, 0.15) is 0 Å². The summed E-state index contributed by atoms with van der Waals surface area (Å²) in [4.78, 5) is 29.9. The Balaban J connectivity index is 1.29. The van der Waals surface area contributed by atoms with Crippen LogP contribution >= 0.6 is 11.8 Å². The number of likely N-dealkylation sites (N-methyl/N-ethyl adjacent to an activating group) is 1. The molecular weight excluding hydrogens is 455 g/mol. The van der Waals surface area contributed by atoms with E-state index in [0.29, 0.717) is 31.9 Å². The number of benzene rings is 1. The maximum absolute atomic E-state index is 12.6. The average Bonchev–Trinajstić information content (AvgIpc) is 2.80. The van der Waals surface area contributed by atoms with Crippen LogP contribution in [-0.2, 0) is 0 Å². The lowest BCUT2D eigenvalue weighted by atomic mass is 10.3. The number of nitrogens with zero attached hydrogens (tertiary/aromatic N) is 6. The minimum atomic E-state index is -4.33. The van der Waals surface area contributed by atoms with Gasteiger partial charge < -0.3 is 24.9 Å². The molecule has 0 radical (unpaired) electrons. The Bertz CT molecular complexity index is 944. The Hall–Kier alpha value is -2.73. The second-order valence-corrected chi connectivity index (χ2v) is 9.14. The van der Waals surface area contributed by atoms with Gasteiger partial charge in [0.25, 0.3) is 0 Å². The molecule has 2 saturated heterocycles. The highest BCUT2D eigenvalue weighted by Crippen LogP contribution is 2.37. The van der Waals surface area contributed by atoms with Crippen molar-refractivity contribution in [1.29, 1.82) is 0 Å². The zero-order chi connectivity index (χ0) is 23.4. The third-order valence-corrected chi connectivity index (χ3v) is 6.43. The molecule has 0 unspecified atom stereocenters. The van der Waals surface area contributed by atoms with E-state index in [9.17, 15) is 18.0 Å². The Morgan fingerprint density at radius 1 is 0.909 bits per heavy atom. The molecule has 0 aliphatic carbocycles. The number of rotatable bonds is 4. The van der Waals surface area contributed by atoms with Gasteiger partial charge in [-0.1, -0.05) is 0 Å². The van der Waals surface area contributed by atoms with Gasteiger partial charge >= 0.3 is 11.5 Å². The van der Waals surface area contributed by atoms with Crippen molar-refractivity contribution in [3.63, 3.8) is 0 Å². The second-order valence-electron chi connectivity index (χ2n) is 8.00. The molecule has 2 aromatic rings. The number of thioether (sulfide) groups is 1. The summed E-state index contributed by atoms with van der Waals surface area (Å²) < 4.78 is 37.4. The minimum absolute atomic E-state index is 0.0786. The fraction of sp³-hybridized carbons (Fsp3) is 0.476. The normalized spacial score (nSPS) is 17.9. The number of hydrogen-bond donors (Lipinski definition) is 1. The number of aromatic nitrogens is 2. The third kappa shape index (κ3) is 6.41. The molecule has 12 heteroatoms. The maximum Gasteiger partial charge on any atom is 0.446 e. The van der Waals surface area contributed by atoms with E-state index in [1.165, 1.54) is 24.3 Å². The van der Waals surface area contributed by atoms with Crippen LogP contribution in [0.15, 0.2) is 41.6 Å². The van der Waals surface area contributed by atoms with Crippen LogP contribution in [0, 0.1) is 0 Å². The standard InChI is InChI=1S/C21H26F3N7OS/c1-28-6-8-29(9-7-28)18-14-19(26-15-25-18)30-10-12-31(13-11-30)20(32)27-16-2-4-17(5-3-16)33-21(22,23)24/h2-5,14-15H,6-13H2,1H3,(H,27,32). The Morgan fingerprint density at radius 2 is 1.45 bits per heavy atom. The van der Waals surface area contributed by atoms with Gasteiger partial charge in [0.1, 0.15) is 18.0 Å². The lowest BCUT2D eigenvalue weighted by molar-refractivity contribution is -0.0328. The van der Waals surface area contributed by atoms with Crippen LogP contribution in [0.5, 0.6) is 0 Å². The van der Waals surface area contributed by atoms with Crippen LogP contribution < -0.4 is 15.1 Å². The molecule has 0 atom stereocenters. The van der Waals surface area contributed by atoms with Gasteiger partial charge in [-0.3, -0.25) is 0 Å². The van der Waals surface area contributed by atoms with E-state index in [0.717, 1.165) is 37.8 Å². The van der Waals surface area contributed by atoms with E-state index < -0.39 is 5.51 Å². The van der Waals surface area contributed by atoms with E-state index in [1.54, 1.807) is 11.2 Å². The summed E-state index contributed by atoms with van der Waals surface area (Å²) >= 11 is -0.180. The van der Waals surface area contributed by atoms with Crippen LogP contribution in [0.3, 0.4) is 0 Å². The highest BCUT2D eigenvalue weighted by atomic mass is 32.2. The smallest absolute Gasteiger partial charge is 0.354 e. The topological polar surface area (TPSA) is 67.8 Å². The summed E-state index contributed by atoms with van der Waals surface area (Å²) in [5.74, 6) is 1.76. The number of carbonyl (C=O) groups is 1. The summed E-state index contributed by atoms with van der Waals surface area (Å²) in [7, 11) is 2.11. The Kier molecular flexibility index (Phi) is 7.13. The first-order chi connectivity index (χ1) is 15.8. The fourth-order valence-corrected chi connectivity index (χ4v) is 4.34. The summed E-state index contributed by atoms with van der Waals surface area (Å²) in [6.07, 6.45) is 1.59. The molecule has 3 heterocycles. The van der Waals surface area contributed by atoms with E-state index in [4.69, 9.17) is 0 Å². The molecule has 178 valence electrons. The Morgan fingerprint density at radius 3 is 2.00 bits per heavy atom. The fourth-order valence-electron chi connectivity index (χ4n) is 3.80. The number of carbonyl (C=O) groups excluding carboxylic acids is 1. The summed E-state index contributed by atoms with van der Waals surface area (Å²) in [6, 6.07) is 7.37. The maximum atomic E-state index is 12.6. The van der Waals surface area contributed by atoms with Gasteiger partial charge in [0, 0.05) is 69.0 Å². The quantitative estimate of drug-likeness (QED) is 0.673. The first kappa shape index (κ1) is 23.4. The number of alkyl halides is 3. The molecule has 0 spiro atoms. The number of piperazine rings is 2. The van der Waals surface area contributed by atoms with Gasteiger partial charge in [0.2, 0.25) is 0 Å². The molecular formula is C21H26F3N7OS. The highest BCUT2D eigenvalue weighted by Gasteiger charge is 2.29. The molecule has 33 heavy (non-hydrogen) atoms. The molecule has 1 N–H and O–H groups in total. The summed E-state index contributed by atoms with van der Waals surface area (Å²) in [6.45, 7) is 6.15. The molecule has 1 aromatic heterocycles. The van der Waals surface area contributed by atoms with Gasteiger partial charge in [-0.05, 0) is 43.1 Å². The van der Waals surface area contributed by atoms with Crippen molar-refractivity contribution in [2.45, 2.75) is 10.4 Å². The number of halogens is 3. The zero-order valence-electron chi connectivity index (χ0n) is 18.3. The molecule has 2 fully saturated rings. The van der Waals surface area contributed by atoms with E-state index in [1.807, 2.05) is 6.07 Å². The number of urea groups is 1. The zero-order valence-corrected chi connectivity index (χ0v) is 19.1. The van der Waals surface area contributed by atoms with Gasteiger partial charge in [-0.2, -0.15) is 13.2 Å². The van der Waals surface area contributed by atoms with Gasteiger partial charge in [0.05, 0.1) is 0 Å². The van der Waals surface area contributed by atoms with Crippen molar-refractivity contribution in [2.24, 2.45) is 0 Å². The summed E-state index contributed by atoms with van der Waals surface area (Å²) in [5, 5.41) is 2.75.